The van der Waals surface area contributed by atoms with Crippen LogP contribution >= 0.6 is 0 Å². The SMILES string of the molecule is O=C1NCCNC1Cc1nnc2c3[nH]cnc3ncn12. The topological polar surface area (TPSA) is 113 Å². The molecule has 1 unspecified atom stereocenters. The van der Waals surface area contributed by atoms with E-state index in [-0.39, 0.29) is 11.9 Å². The molecule has 102 valence electrons. The summed E-state index contributed by atoms with van der Waals surface area (Å²) in [6.45, 7) is 1.42. The van der Waals surface area contributed by atoms with Gasteiger partial charge in [0.15, 0.2) is 11.3 Å². The lowest BCUT2D eigenvalue weighted by Crippen LogP contribution is -2.53. The number of imidazole rings is 1. The molecule has 0 radical (unpaired) electrons. The zero-order valence-corrected chi connectivity index (χ0v) is 10.5. The van der Waals surface area contributed by atoms with Crippen LogP contribution in [0.2, 0.25) is 0 Å². The summed E-state index contributed by atoms with van der Waals surface area (Å²) >= 11 is 0. The van der Waals surface area contributed by atoms with E-state index >= 15 is 0 Å². The largest absolute Gasteiger partial charge is 0.353 e. The summed E-state index contributed by atoms with van der Waals surface area (Å²) in [6.07, 6.45) is 3.67. The van der Waals surface area contributed by atoms with Gasteiger partial charge in [-0.1, -0.05) is 0 Å². The van der Waals surface area contributed by atoms with Gasteiger partial charge in [0.1, 0.15) is 17.7 Å². The maximum absolute atomic E-state index is 11.8. The van der Waals surface area contributed by atoms with Crippen molar-refractivity contribution in [1.29, 1.82) is 0 Å². The van der Waals surface area contributed by atoms with Crippen LogP contribution < -0.4 is 10.6 Å². The standard InChI is InChI=1S/C11H12N8O/c20-11-6(12-1-2-13-11)3-7-17-18-10-8-9(15-4-14-8)16-5-19(7)10/h4-6,12H,1-3H2,(H,13,20)(H,14,15). The number of rotatable bonds is 2. The molecule has 3 N–H and O–H groups in total. The van der Waals surface area contributed by atoms with E-state index in [0.717, 1.165) is 12.1 Å². The van der Waals surface area contributed by atoms with Crippen molar-refractivity contribution in [3.05, 3.63) is 18.5 Å². The van der Waals surface area contributed by atoms with Gasteiger partial charge < -0.3 is 15.6 Å². The number of H-pyrrole nitrogens is 1. The number of carbonyl (C=O) groups is 1. The van der Waals surface area contributed by atoms with E-state index in [1.165, 1.54) is 0 Å². The molecule has 1 atom stereocenters. The van der Waals surface area contributed by atoms with Crippen molar-refractivity contribution in [2.45, 2.75) is 12.5 Å². The Hall–Kier alpha value is -2.55. The van der Waals surface area contributed by atoms with E-state index in [9.17, 15) is 4.79 Å². The molecule has 0 spiro atoms. The normalized spacial score (nSPS) is 19.6. The van der Waals surface area contributed by atoms with E-state index in [0.29, 0.717) is 30.1 Å². The predicted octanol–water partition coefficient (Wildman–Crippen LogP) is -1.37. The molecule has 20 heavy (non-hydrogen) atoms. The highest BCUT2D eigenvalue weighted by atomic mass is 16.2. The summed E-state index contributed by atoms with van der Waals surface area (Å²) < 4.78 is 1.78. The Morgan fingerprint density at radius 3 is 3.15 bits per heavy atom. The first kappa shape index (κ1) is 11.3. The number of nitrogens with zero attached hydrogens (tertiary/aromatic N) is 5. The molecule has 4 heterocycles. The van der Waals surface area contributed by atoms with Crippen molar-refractivity contribution >= 4 is 22.7 Å². The molecule has 1 amide bonds. The maximum Gasteiger partial charge on any atom is 0.237 e. The summed E-state index contributed by atoms with van der Waals surface area (Å²) in [4.78, 5) is 23.1. The maximum atomic E-state index is 11.8. The third kappa shape index (κ3) is 1.63. The van der Waals surface area contributed by atoms with Crippen molar-refractivity contribution in [3.63, 3.8) is 0 Å². The Labute approximate surface area is 112 Å². The molecular weight excluding hydrogens is 260 g/mol. The highest BCUT2D eigenvalue weighted by molar-refractivity contribution is 5.85. The van der Waals surface area contributed by atoms with Crippen LogP contribution in [0.1, 0.15) is 5.82 Å². The smallest absolute Gasteiger partial charge is 0.237 e. The number of carbonyl (C=O) groups excluding carboxylic acids is 1. The lowest BCUT2D eigenvalue weighted by molar-refractivity contribution is -0.124. The van der Waals surface area contributed by atoms with Gasteiger partial charge in [0.05, 0.1) is 12.4 Å². The molecule has 0 bridgehead atoms. The third-order valence-electron chi connectivity index (χ3n) is 3.42. The van der Waals surface area contributed by atoms with Crippen LogP contribution in [0.3, 0.4) is 0 Å². The summed E-state index contributed by atoms with van der Waals surface area (Å²) in [6, 6.07) is -0.284. The van der Waals surface area contributed by atoms with Crippen LogP contribution in [0.5, 0.6) is 0 Å². The van der Waals surface area contributed by atoms with E-state index in [4.69, 9.17) is 0 Å². The fraction of sp³-hybridized carbons (Fsp3) is 0.364. The molecule has 4 rings (SSSR count). The molecule has 3 aromatic rings. The van der Waals surface area contributed by atoms with Gasteiger partial charge >= 0.3 is 0 Å². The van der Waals surface area contributed by atoms with E-state index in [1.807, 2.05) is 0 Å². The predicted molar refractivity (Wildman–Crippen MR) is 68.9 cm³/mol. The Morgan fingerprint density at radius 2 is 2.25 bits per heavy atom. The fourth-order valence-electron chi connectivity index (χ4n) is 2.41. The van der Waals surface area contributed by atoms with Crippen LogP contribution in [-0.2, 0) is 11.2 Å². The molecule has 9 nitrogen and oxygen atoms in total. The Morgan fingerprint density at radius 1 is 1.30 bits per heavy atom. The van der Waals surface area contributed by atoms with Crippen molar-refractivity contribution in [1.82, 2.24) is 40.2 Å². The minimum Gasteiger partial charge on any atom is -0.353 e. The molecule has 1 aliphatic rings. The molecule has 0 aromatic carbocycles. The van der Waals surface area contributed by atoms with Crippen molar-refractivity contribution < 1.29 is 4.79 Å². The number of hydrogen-bond donors (Lipinski definition) is 3. The number of hydrogen-bond acceptors (Lipinski definition) is 6. The quantitative estimate of drug-likeness (QED) is 0.530. The van der Waals surface area contributed by atoms with Crippen LogP contribution in [0.15, 0.2) is 12.7 Å². The van der Waals surface area contributed by atoms with Gasteiger partial charge in [0.25, 0.3) is 0 Å². The zero-order valence-electron chi connectivity index (χ0n) is 10.5. The van der Waals surface area contributed by atoms with Crippen molar-refractivity contribution in [3.8, 4) is 0 Å². The Kier molecular flexibility index (Phi) is 2.39. The van der Waals surface area contributed by atoms with Gasteiger partial charge in [-0.3, -0.25) is 9.20 Å². The van der Waals surface area contributed by atoms with Gasteiger partial charge in [-0.25, -0.2) is 9.97 Å². The van der Waals surface area contributed by atoms with Gasteiger partial charge in [0, 0.05) is 19.5 Å². The first-order chi connectivity index (χ1) is 9.83. The highest BCUT2D eigenvalue weighted by Crippen LogP contribution is 2.13. The fourth-order valence-corrected chi connectivity index (χ4v) is 2.41. The lowest BCUT2D eigenvalue weighted by Gasteiger charge is -2.22. The van der Waals surface area contributed by atoms with Crippen molar-refractivity contribution in [2.24, 2.45) is 0 Å². The summed E-state index contributed by atoms with van der Waals surface area (Å²) in [5, 5.41) is 14.3. The highest BCUT2D eigenvalue weighted by Gasteiger charge is 2.24. The second kappa shape index (κ2) is 4.23. The molecule has 3 aromatic heterocycles. The Bertz CT molecular complexity index is 790. The summed E-state index contributed by atoms with van der Waals surface area (Å²) in [5.74, 6) is 0.683. The Balaban J connectivity index is 1.74. The minimum absolute atomic E-state index is 0.0106. The summed E-state index contributed by atoms with van der Waals surface area (Å²) in [5.41, 5.74) is 2.01. The van der Waals surface area contributed by atoms with Gasteiger partial charge in [0.2, 0.25) is 5.91 Å². The van der Waals surface area contributed by atoms with Crippen LogP contribution in [0.25, 0.3) is 16.8 Å². The molecular formula is C11H12N8O. The van der Waals surface area contributed by atoms with Crippen LogP contribution in [0.4, 0.5) is 0 Å². The first-order valence-electron chi connectivity index (χ1n) is 6.36. The number of aromatic nitrogens is 6. The second-order valence-electron chi connectivity index (χ2n) is 4.66. The first-order valence-corrected chi connectivity index (χ1v) is 6.36. The third-order valence-corrected chi connectivity index (χ3v) is 3.42. The zero-order chi connectivity index (χ0) is 13.5. The van der Waals surface area contributed by atoms with Gasteiger partial charge in [-0.2, -0.15) is 0 Å². The van der Waals surface area contributed by atoms with E-state index in [2.05, 4.69) is 35.8 Å². The van der Waals surface area contributed by atoms with Gasteiger partial charge in [-0.05, 0) is 0 Å². The summed E-state index contributed by atoms with van der Waals surface area (Å²) in [7, 11) is 0. The number of nitrogens with one attached hydrogen (secondary N) is 3. The molecule has 1 aliphatic heterocycles. The number of amides is 1. The van der Waals surface area contributed by atoms with Crippen molar-refractivity contribution in [2.75, 3.05) is 13.1 Å². The molecule has 9 heteroatoms. The number of aromatic amines is 1. The number of fused-ring (bicyclic) bond motifs is 3. The monoisotopic (exact) mass is 272 g/mol. The van der Waals surface area contributed by atoms with Gasteiger partial charge in [-0.15, -0.1) is 10.2 Å². The molecule has 0 saturated carbocycles. The lowest BCUT2D eigenvalue weighted by atomic mass is 10.1. The van der Waals surface area contributed by atoms with Crippen LogP contribution in [-0.4, -0.2) is 54.6 Å². The minimum atomic E-state index is -0.284. The van der Waals surface area contributed by atoms with E-state index in [1.54, 1.807) is 17.1 Å². The van der Waals surface area contributed by atoms with E-state index < -0.39 is 0 Å². The average molecular weight is 272 g/mol. The number of piperazine rings is 1. The molecule has 1 saturated heterocycles. The second-order valence-corrected chi connectivity index (χ2v) is 4.66. The molecule has 0 aliphatic carbocycles. The average Bonchev–Trinajstić information content (AvgIpc) is 3.07. The molecule has 1 fully saturated rings. The van der Waals surface area contributed by atoms with Crippen LogP contribution in [0, 0.1) is 0 Å².